The van der Waals surface area contributed by atoms with Crippen molar-refractivity contribution in [2.24, 2.45) is 5.92 Å². The van der Waals surface area contributed by atoms with Crippen LogP contribution in [0, 0.1) is 5.92 Å². The maximum atomic E-state index is 5.68. The molecule has 0 fully saturated rings. The van der Waals surface area contributed by atoms with Crippen molar-refractivity contribution in [3.8, 4) is 5.75 Å². The summed E-state index contributed by atoms with van der Waals surface area (Å²) in [7, 11) is 0. The van der Waals surface area contributed by atoms with Gasteiger partial charge in [0.2, 0.25) is 0 Å². The van der Waals surface area contributed by atoms with Crippen LogP contribution in [0.4, 0.5) is 0 Å². The molecule has 0 spiro atoms. The minimum Gasteiger partial charge on any atom is -0.493 e. The standard InChI is InChI=1S/C18H28N2O/c1-4-21-18-9-5-8-17-16(18)10-13-20(17)14-12-19-11-6-7-15(2)3/h5,8-10,13,15,19H,4,6-7,11-12,14H2,1-3H3. The fourth-order valence-electron chi connectivity index (χ4n) is 2.63. The van der Waals surface area contributed by atoms with Crippen LogP contribution in [0.3, 0.4) is 0 Å². The van der Waals surface area contributed by atoms with Crippen molar-refractivity contribution in [3.63, 3.8) is 0 Å². The van der Waals surface area contributed by atoms with Crippen molar-refractivity contribution in [1.29, 1.82) is 0 Å². The zero-order valence-corrected chi connectivity index (χ0v) is 13.6. The third kappa shape index (κ3) is 4.50. The first-order valence-corrected chi connectivity index (χ1v) is 8.13. The van der Waals surface area contributed by atoms with Gasteiger partial charge in [-0.25, -0.2) is 0 Å². The summed E-state index contributed by atoms with van der Waals surface area (Å²) in [6, 6.07) is 8.43. The molecule has 0 atom stereocenters. The fourth-order valence-corrected chi connectivity index (χ4v) is 2.63. The number of hydrogen-bond donors (Lipinski definition) is 1. The topological polar surface area (TPSA) is 26.2 Å². The zero-order valence-electron chi connectivity index (χ0n) is 13.6. The highest BCUT2D eigenvalue weighted by molar-refractivity contribution is 5.86. The molecule has 2 rings (SSSR count). The van der Waals surface area contributed by atoms with Gasteiger partial charge in [0.05, 0.1) is 12.1 Å². The molecule has 1 aromatic heterocycles. The second kappa shape index (κ2) is 8.08. The largest absolute Gasteiger partial charge is 0.493 e. The lowest BCUT2D eigenvalue weighted by Gasteiger charge is -2.09. The van der Waals surface area contributed by atoms with Crippen molar-refractivity contribution >= 4 is 10.9 Å². The van der Waals surface area contributed by atoms with E-state index >= 15 is 0 Å². The van der Waals surface area contributed by atoms with E-state index in [0.29, 0.717) is 6.61 Å². The lowest BCUT2D eigenvalue weighted by atomic mass is 10.1. The summed E-state index contributed by atoms with van der Waals surface area (Å²) in [5.74, 6) is 1.79. The van der Waals surface area contributed by atoms with Gasteiger partial charge in [-0.05, 0) is 50.4 Å². The number of ether oxygens (including phenoxy) is 1. The van der Waals surface area contributed by atoms with Crippen molar-refractivity contribution in [2.45, 2.75) is 40.2 Å². The summed E-state index contributed by atoms with van der Waals surface area (Å²) >= 11 is 0. The quantitative estimate of drug-likeness (QED) is 0.704. The Kier molecular flexibility index (Phi) is 6.12. The van der Waals surface area contributed by atoms with Crippen LogP contribution < -0.4 is 10.1 Å². The van der Waals surface area contributed by atoms with E-state index in [1.807, 2.05) is 13.0 Å². The Hall–Kier alpha value is -1.48. The van der Waals surface area contributed by atoms with Crippen LogP contribution in [0.2, 0.25) is 0 Å². The van der Waals surface area contributed by atoms with E-state index in [1.165, 1.54) is 23.7 Å². The summed E-state index contributed by atoms with van der Waals surface area (Å²) in [5.41, 5.74) is 1.25. The molecule has 0 saturated heterocycles. The van der Waals surface area contributed by atoms with Crippen molar-refractivity contribution in [1.82, 2.24) is 9.88 Å². The summed E-state index contributed by atoms with van der Waals surface area (Å²) in [5, 5.41) is 4.74. The van der Waals surface area contributed by atoms with Crippen LogP contribution >= 0.6 is 0 Å². The van der Waals surface area contributed by atoms with Crippen molar-refractivity contribution in [2.75, 3.05) is 19.7 Å². The molecule has 0 saturated carbocycles. The van der Waals surface area contributed by atoms with E-state index < -0.39 is 0 Å². The maximum absolute atomic E-state index is 5.68. The Morgan fingerprint density at radius 2 is 2.05 bits per heavy atom. The van der Waals surface area contributed by atoms with Gasteiger partial charge < -0.3 is 14.6 Å². The maximum Gasteiger partial charge on any atom is 0.128 e. The lowest BCUT2D eigenvalue weighted by Crippen LogP contribution is -2.21. The number of hydrogen-bond acceptors (Lipinski definition) is 2. The van der Waals surface area contributed by atoms with Crippen LogP contribution in [-0.4, -0.2) is 24.3 Å². The van der Waals surface area contributed by atoms with E-state index in [2.05, 4.69) is 48.1 Å². The predicted molar refractivity (Wildman–Crippen MR) is 90.0 cm³/mol. The molecule has 0 unspecified atom stereocenters. The Labute approximate surface area is 128 Å². The Balaban J connectivity index is 1.87. The van der Waals surface area contributed by atoms with Gasteiger partial charge in [-0.1, -0.05) is 19.9 Å². The Morgan fingerprint density at radius 1 is 1.19 bits per heavy atom. The van der Waals surface area contributed by atoms with Crippen LogP contribution in [-0.2, 0) is 6.54 Å². The highest BCUT2D eigenvalue weighted by Gasteiger charge is 2.05. The highest BCUT2D eigenvalue weighted by Crippen LogP contribution is 2.26. The number of aromatic nitrogens is 1. The Bertz CT molecular complexity index is 545. The molecule has 2 aromatic rings. The molecule has 3 nitrogen and oxygen atoms in total. The molecule has 0 bridgehead atoms. The second-order valence-electron chi connectivity index (χ2n) is 5.92. The number of benzene rings is 1. The predicted octanol–water partition coefficient (Wildman–Crippen LogP) is 4.07. The van der Waals surface area contributed by atoms with Crippen LogP contribution in [0.1, 0.15) is 33.6 Å². The molecule has 1 heterocycles. The third-order valence-corrected chi connectivity index (χ3v) is 3.74. The van der Waals surface area contributed by atoms with E-state index in [4.69, 9.17) is 4.74 Å². The van der Waals surface area contributed by atoms with Gasteiger partial charge in [0.15, 0.2) is 0 Å². The van der Waals surface area contributed by atoms with Crippen LogP contribution in [0.25, 0.3) is 10.9 Å². The van der Waals surface area contributed by atoms with Crippen molar-refractivity contribution in [3.05, 3.63) is 30.5 Å². The molecule has 0 aliphatic rings. The molecule has 21 heavy (non-hydrogen) atoms. The minimum atomic E-state index is 0.710. The summed E-state index contributed by atoms with van der Waals surface area (Å²) in [6.07, 6.45) is 4.72. The Morgan fingerprint density at radius 3 is 2.81 bits per heavy atom. The highest BCUT2D eigenvalue weighted by atomic mass is 16.5. The average molecular weight is 288 g/mol. The third-order valence-electron chi connectivity index (χ3n) is 3.74. The molecule has 0 aliphatic carbocycles. The fraction of sp³-hybridized carbons (Fsp3) is 0.556. The zero-order chi connectivity index (χ0) is 15.1. The van der Waals surface area contributed by atoms with Gasteiger partial charge in [-0.15, -0.1) is 0 Å². The SMILES string of the molecule is CCOc1cccc2c1ccn2CCNCCCC(C)C. The average Bonchev–Trinajstić information content (AvgIpc) is 2.87. The molecule has 0 amide bonds. The molecular formula is C18H28N2O. The van der Waals surface area contributed by atoms with E-state index in [1.54, 1.807) is 0 Å². The molecule has 3 heteroatoms. The first-order chi connectivity index (χ1) is 10.2. The summed E-state index contributed by atoms with van der Waals surface area (Å²) in [4.78, 5) is 0. The number of nitrogens with one attached hydrogen (secondary N) is 1. The number of nitrogens with zero attached hydrogens (tertiary/aromatic N) is 1. The molecule has 1 N–H and O–H groups in total. The first kappa shape index (κ1) is 15.9. The molecule has 116 valence electrons. The molecule has 0 radical (unpaired) electrons. The second-order valence-corrected chi connectivity index (χ2v) is 5.92. The lowest BCUT2D eigenvalue weighted by molar-refractivity contribution is 0.344. The van der Waals surface area contributed by atoms with Crippen molar-refractivity contribution < 1.29 is 4.74 Å². The van der Waals surface area contributed by atoms with E-state index in [0.717, 1.165) is 31.3 Å². The molecule has 1 aromatic carbocycles. The molecular weight excluding hydrogens is 260 g/mol. The van der Waals surface area contributed by atoms with E-state index in [-0.39, 0.29) is 0 Å². The van der Waals surface area contributed by atoms with Gasteiger partial charge in [0.1, 0.15) is 5.75 Å². The normalized spacial score (nSPS) is 11.4. The number of rotatable bonds is 9. The van der Waals surface area contributed by atoms with Gasteiger partial charge in [0, 0.05) is 24.7 Å². The first-order valence-electron chi connectivity index (χ1n) is 8.13. The minimum absolute atomic E-state index is 0.710. The smallest absolute Gasteiger partial charge is 0.128 e. The number of fused-ring (bicyclic) bond motifs is 1. The summed E-state index contributed by atoms with van der Waals surface area (Å²) < 4.78 is 7.98. The van der Waals surface area contributed by atoms with E-state index in [9.17, 15) is 0 Å². The van der Waals surface area contributed by atoms with Gasteiger partial charge in [0.25, 0.3) is 0 Å². The van der Waals surface area contributed by atoms with Crippen LogP contribution in [0.15, 0.2) is 30.5 Å². The molecule has 0 aliphatic heterocycles. The van der Waals surface area contributed by atoms with Gasteiger partial charge in [-0.3, -0.25) is 0 Å². The van der Waals surface area contributed by atoms with Gasteiger partial charge in [-0.2, -0.15) is 0 Å². The van der Waals surface area contributed by atoms with Gasteiger partial charge >= 0.3 is 0 Å². The summed E-state index contributed by atoms with van der Waals surface area (Å²) in [6.45, 7) is 10.4. The van der Waals surface area contributed by atoms with Crippen LogP contribution in [0.5, 0.6) is 5.75 Å². The monoisotopic (exact) mass is 288 g/mol.